The molecule has 0 aliphatic carbocycles. The van der Waals surface area contributed by atoms with Gasteiger partial charge in [-0.05, 0) is 12.1 Å². The highest BCUT2D eigenvalue weighted by atomic mass is 32.1. The summed E-state index contributed by atoms with van der Waals surface area (Å²) < 4.78 is 5.16. The molecule has 0 unspecified atom stereocenters. The standard InChI is InChI=1S/C13H13N3O3S/c1-8(17)15-11-9(4-3-5-10(11)19-2)12(18)16-13-14-6-7-20-13/h3-7H,1-2H3,(H,15,17)(H,14,16,18). The second kappa shape index (κ2) is 6.16. The van der Waals surface area contributed by atoms with Crippen LogP contribution in [-0.2, 0) is 4.79 Å². The molecule has 0 radical (unpaired) electrons. The van der Waals surface area contributed by atoms with Crippen molar-refractivity contribution in [2.75, 3.05) is 17.7 Å². The third-order valence-corrected chi connectivity index (χ3v) is 3.13. The Hall–Kier alpha value is -2.41. The fourth-order valence-corrected chi connectivity index (χ4v) is 2.17. The maximum Gasteiger partial charge on any atom is 0.259 e. The van der Waals surface area contributed by atoms with Crippen LogP contribution in [0, 0.1) is 0 Å². The van der Waals surface area contributed by atoms with Gasteiger partial charge in [-0.2, -0.15) is 0 Å². The Morgan fingerprint density at radius 3 is 2.70 bits per heavy atom. The van der Waals surface area contributed by atoms with Crippen LogP contribution in [0.25, 0.3) is 0 Å². The Kier molecular flexibility index (Phi) is 4.31. The number of rotatable bonds is 4. The number of aromatic nitrogens is 1. The molecule has 2 aromatic rings. The molecule has 2 rings (SSSR count). The maximum atomic E-state index is 12.2. The Labute approximate surface area is 119 Å². The molecule has 1 aromatic heterocycles. The molecule has 0 bridgehead atoms. The van der Waals surface area contributed by atoms with Crippen LogP contribution in [-0.4, -0.2) is 23.9 Å². The first kappa shape index (κ1) is 14.0. The van der Waals surface area contributed by atoms with E-state index < -0.39 is 0 Å². The zero-order valence-corrected chi connectivity index (χ0v) is 11.8. The average molecular weight is 291 g/mol. The van der Waals surface area contributed by atoms with E-state index in [0.29, 0.717) is 22.1 Å². The number of hydrogen-bond donors (Lipinski definition) is 2. The van der Waals surface area contributed by atoms with Crippen molar-refractivity contribution in [3.05, 3.63) is 35.3 Å². The molecule has 0 saturated carbocycles. The molecule has 2 N–H and O–H groups in total. The molecular formula is C13H13N3O3S. The van der Waals surface area contributed by atoms with Gasteiger partial charge in [-0.1, -0.05) is 6.07 Å². The van der Waals surface area contributed by atoms with Crippen LogP contribution >= 0.6 is 11.3 Å². The van der Waals surface area contributed by atoms with E-state index in [1.807, 2.05) is 0 Å². The second-order valence-corrected chi connectivity index (χ2v) is 4.75. The number of nitrogens with zero attached hydrogens (tertiary/aromatic N) is 1. The van der Waals surface area contributed by atoms with Crippen molar-refractivity contribution >= 4 is 34.0 Å². The summed E-state index contributed by atoms with van der Waals surface area (Å²) in [7, 11) is 1.48. The fourth-order valence-electron chi connectivity index (χ4n) is 1.65. The summed E-state index contributed by atoms with van der Waals surface area (Å²) in [5.74, 6) is -0.215. The van der Waals surface area contributed by atoms with E-state index in [-0.39, 0.29) is 11.8 Å². The predicted octanol–water partition coefficient (Wildman–Crippen LogP) is 2.36. The molecule has 7 heteroatoms. The Balaban J connectivity index is 2.34. The van der Waals surface area contributed by atoms with Gasteiger partial charge in [0.2, 0.25) is 5.91 Å². The minimum atomic E-state index is -0.359. The van der Waals surface area contributed by atoms with Crippen molar-refractivity contribution in [1.82, 2.24) is 4.98 Å². The summed E-state index contributed by atoms with van der Waals surface area (Å²) in [5.41, 5.74) is 0.659. The van der Waals surface area contributed by atoms with Gasteiger partial charge in [-0.3, -0.25) is 14.9 Å². The highest BCUT2D eigenvalue weighted by molar-refractivity contribution is 7.13. The normalized spacial score (nSPS) is 9.90. The van der Waals surface area contributed by atoms with Gasteiger partial charge in [0.05, 0.1) is 18.4 Å². The lowest BCUT2D eigenvalue weighted by molar-refractivity contribution is -0.114. The molecule has 2 amide bonds. The largest absolute Gasteiger partial charge is 0.495 e. The van der Waals surface area contributed by atoms with E-state index in [4.69, 9.17) is 4.74 Å². The van der Waals surface area contributed by atoms with Crippen molar-refractivity contribution < 1.29 is 14.3 Å². The SMILES string of the molecule is COc1cccc(C(=O)Nc2nccs2)c1NC(C)=O. The molecule has 0 spiro atoms. The van der Waals surface area contributed by atoms with E-state index in [0.717, 1.165) is 0 Å². The number of carbonyl (C=O) groups is 2. The number of carbonyl (C=O) groups excluding carboxylic acids is 2. The van der Waals surface area contributed by atoms with Crippen LogP contribution in [0.1, 0.15) is 17.3 Å². The summed E-state index contributed by atoms with van der Waals surface area (Å²) >= 11 is 1.31. The lowest BCUT2D eigenvalue weighted by atomic mass is 10.1. The summed E-state index contributed by atoms with van der Waals surface area (Å²) in [4.78, 5) is 27.5. The number of thiazole rings is 1. The average Bonchev–Trinajstić information content (AvgIpc) is 2.91. The minimum absolute atomic E-state index is 0.280. The summed E-state index contributed by atoms with van der Waals surface area (Å²) in [6.07, 6.45) is 1.60. The number of hydrogen-bond acceptors (Lipinski definition) is 5. The first-order chi connectivity index (χ1) is 9.61. The zero-order chi connectivity index (χ0) is 14.5. The fraction of sp³-hybridized carbons (Fsp3) is 0.154. The molecule has 6 nitrogen and oxygen atoms in total. The van der Waals surface area contributed by atoms with E-state index in [1.165, 1.54) is 25.4 Å². The van der Waals surface area contributed by atoms with Crippen LogP contribution in [0.3, 0.4) is 0 Å². The lowest BCUT2D eigenvalue weighted by Crippen LogP contribution is -2.17. The predicted molar refractivity (Wildman–Crippen MR) is 77.4 cm³/mol. The smallest absolute Gasteiger partial charge is 0.259 e. The van der Waals surface area contributed by atoms with Crippen LogP contribution < -0.4 is 15.4 Å². The lowest BCUT2D eigenvalue weighted by Gasteiger charge is -2.13. The Morgan fingerprint density at radius 1 is 1.30 bits per heavy atom. The quantitative estimate of drug-likeness (QED) is 0.906. The monoisotopic (exact) mass is 291 g/mol. The molecule has 0 saturated heterocycles. The number of para-hydroxylation sites is 1. The molecule has 0 atom stereocenters. The van der Waals surface area contributed by atoms with Gasteiger partial charge >= 0.3 is 0 Å². The Bertz CT molecular complexity index is 626. The molecular weight excluding hydrogens is 278 g/mol. The number of anilines is 2. The third kappa shape index (κ3) is 3.12. The Morgan fingerprint density at radius 2 is 2.10 bits per heavy atom. The van der Waals surface area contributed by atoms with E-state index in [9.17, 15) is 9.59 Å². The van der Waals surface area contributed by atoms with Gasteiger partial charge in [0.25, 0.3) is 5.91 Å². The van der Waals surface area contributed by atoms with Gasteiger partial charge in [-0.25, -0.2) is 4.98 Å². The van der Waals surface area contributed by atoms with Gasteiger partial charge in [-0.15, -0.1) is 11.3 Å². The number of methoxy groups -OCH3 is 1. The molecule has 0 aliphatic rings. The summed E-state index contributed by atoms with van der Waals surface area (Å²) in [5, 5.41) is 7.53. The molecule has 0 aliphatic heterocycles. The molecule has 1 aromatic carbocycles. The molecule has 104 valence electrons. The van der Waals surface area contributed by atoms with Crippen molar-refractivity contribution in [1.29, 1.82) is 0 Å². The first-order valence-electron chi connectivity index (χ1n) is 5.77. The van der Waals surface area contributed by atoms with Crippen LogP contribution in [0.5, 0.6) is 5.75 Å². The highest BCUT2D eigenvalue weighted by Gasteiger charge is 2.17. The summed E-state index contributed by atoms with van der Waals surface area (Å²) in [6.45, 7) is 1.37. The first-order valence-corrected chi connectivity index (χ1v) is 6.65. The van der Waals surface area contributed by atoms with Crippen molar-refractivity contribution in [3.63, 3.8) is 0 Å². The number of ether oxygens (including phenoxy) is 1. The van der Waals surface area contributed by atoms with Gasteiger partial charge in [0, 0.05) is 18.5 Å². The third-order valence-electron chi connectivity index (χ3n) is 2.44. The van der Waals surface area contributed by atoms with Crippen molar-refractivity contribution in [3.8, 4) is 5.75 Å². The number of nitrogens with one attached hydrogen (secondary N) is 2. The van der Waals surface area contributed by atoms with Crippen LogP contribution in [0.15, 0.2) is 29.8 Å². The highest BCUT2D eigenvalue weighted by Crippen LogP contribution is 2.29. The van der Waals surface area contributed by atoms with Gasteiger partial charge in [0.15, 0.2) is 5.13 Å². The van der Waals surface area contributed by atoms with E-state index in [1.54, 1.807) is 29.8 Å². The van der Waals surface area contributed by atoms with E-state index in [2.05, 4.69) is 15.6 Å². The molecule has 1 heterocycles. The van der Waals surface area contributed by atoms with Gasteiger partial charge < -0.3 is 10.1 Å². The number of amides is 2. The molecule has 0 fully saturated rings. The molecule has 20 heavy (non-hydrogen) atoms. The van der Waals surface area contributed by atoms with Crippen molar-refractivity contribution in [2.24, 2.45) is 0 Å². The topological polar surface area (TPSA) is 80.3 Å². The zero-order valence-electron chi connectivity index (χ0n) is 11.0. The van der Waals surface area contributed by atoms with E-state index >= 15 is 0 Å². The van der Waals surface area contributed by atoms with Crippen molar-refractivity contribution in [2.45, 2.75) is 6.92 Å². The van der Waals surface area contributed by atoms with Crippen LogP contribution in [0.4, 0.5) is 10.8 Å². The minimum Gasteiger partial charge on any atom is -0.495 e. The second-order valence-electron chi connectivity index (χ2n) is 3.86. The maximum absolute atomic E-state index is 12.2. The van der Waals surface area contributed by atoms with Crippen LogP contribution in [0.2, 0.25) is 0 Å². The van der Waals surface area contributed by atoms with Gasteiger partial charge in [0.1, 0.15) is 5.75 Å². The summed E-state index contributed by atoms with van der Waals surface area (Å²) in [6, 6.07) is 4.96. The number of benzene rings is 1.